The SMILES string of the molecule is Cc1ccc(C(=O)N2CCN(C(=O)CC34CC5CC(CC(C5)C3)C4)CC2)cc1C. The molecule has 0 atom stereocenters. The van der Waals surface area contributed by atoms with Gasteiger partial charge in [0, 0.05) is 38.2 Å². The van der Waals surface area contributed by atoms with Gasteiger partial charge in [-0.1, -0.05) is 6.07 Å². The van der Waals surface area contributed by atoms with Gasteiger partial charge in [0.25, 0.3) is 5.91 Å². The van der Waals surface area contributed by atoms with Crippen molar-refractivity contribution < 1.29 is 9.59 Å². The van der Waals surface area contributed by atoms with Gasteiger partial charge in [-0.3, -0.25) is 9.59 Å². The maximum atomic E-state index is 13.1. The second-order valence-corrected chi connectivity index (χ2v) is 10.6. The average molecular weight is 395 g/mol. The molecule has 4 bridgehead atoms. The monoisotopic (exact) mass is 394 g/mol. The summed E-state index contributed by atoms with van der Waals surface area (Å²) in [6.07, 6.45) is 8.88. The van der Waals surface area contributed by atoms with Crippen LogP contribution in [0.4, 0.5) is 0 Å². The van der Waals surface area contributed by atoms with Gasteiger partial charge in [0.05, 0.1) is 0 Å². The summed E-state index contributed by atoms with van der Waals surface area (Å²) in [7, 11) is 0. The molecule has 5 aliphatic rings. The number of carbonyl (C=O) groups excluding carboxylic acids is 2. The molecule has 0 radical (unpaired) electrons. The Labute approximate surface area is 174 Å². The molecular weight excluding hydrogens is 360 g/mol. The lowest BCUT2D eigenvalue weighted by Crippen LogP contribution is -2.53. The van der Waals surface area contributed by atoms with Crippen molar-refractivity contribution in [3.63, 3.8) is 0 Å². The predicted molar refractivity (Wildman–Crippen MR) is 114 cm³/mol. The Morgan fingerprint density at radius 3 is 1.97 bits per heavy atom. The molecule has 4 aliphatic carbocycles. The van der Waals surface area contributed by atoms with E-state index in [1.54, 1.807) is 0 Å². The van der Waals surface area contributed by atoms with E-state index in [4.69, 9.17) is 0 Å². The van der Waals surface area contributed by atoms with Crippen LogP contribution in [0.15, 0.2) is 18.2 Å². The fourth-order valence-electron chi connectivity index (χ4n) is 7.16. The fraction of sp³-hybridized carbons (Fsp3) is 0.680. The number of benzene rings is 1. The molecule has 29 heavy (non-hydrogen) atoms. The molecule has 1 aliphatic heterocycles. The first-order valence-electron chi connectivity index (χ1n) is 11.6. The summed E-state index contributed by atoms with van der Waals surface area (Å²) < 4.78 is 0. The van der Waals surface area contributed by atoms with Crippen molar-refractivity contribution >= 4 is 11.8 Å². The molecule has 1 saturated heterocycles. The van der Waals surface area contributed by atoms with Crippen LogP contribution in [-0.4, -0.2) is 47.8 Å². The van der Waals surface area contributed by atoms with E-state index in [1.165, 1.54) is 44.1 Å². The van der Waals surface area contributed by atoms with Gasteiger partial charge in [-0.15, -0.1) is 0 Å². The van der Waals surface area contributed by atoms with E-state index in [9.17, 15) is 9.59 Å². The van der Waals surface area contributed by atoms with E-state index in [0.29, 0.717) is 37.5 Å². The van der Waals surface area contributed by atoms with Crippen molar-refractivity contribution in [2.45, 2.75) is 58.8 Å². The minimum absolute atomic E-state index is 0.0984. The van der Waals surface area contributed by atoms with Crippen molar-refractivity contribution in [2.75, 3.05) is 26.2 Å². The highest BCUT2D eigenvalue weighted by atomic mass is 16.2. The highest BCUT2D eigenvalue weighted by Gasteiger charge is 2.51. The minimum atomic E-state index is 0.0984. The molecule has 0 unspecified atom stereocenters. The number of nitrogens with zero attached hydrogens (tertiary/aromatic N) is 2. The molecule has 156 valence electrons. The number of amides is 2. The lowest BCUT2D eigenvalue weighted by molar-refractivity contribution is -0.141. The molecular formula is C25H34N2O2. The Balaban J connectivity index is 1.18. The van der Waals surface area contributed by atoms with Gasteiger partial charge >= 0.3 is 0 Å². The second-order valence-electron chi connectivity index (χ2n) is 10.6. The lowest BCUT2D eigenvalue weighted by Gasteiger charge is -2.57. The lowest BCUT2D eigenvalue weighted by atomic mass is 9.49. The quantitative estimate of drug-likeness (QED) is 0.771. The Hall–Kier alpha value is -1.84. The third-order valence-electron chi connectivity index (χ3n) is 8.36. The van der Waals surface area contributed by atoms with Crippen LogP contribution in [0.1, 0.15) is 66.4 Å². The van der Waals surface area contributed by atoms with Gasteiger partial charge in [-0.05, 0) is 98.8 Å². The first kappa shape index (κ1) is 19.1. The van der Waals surface area contributed by atoms with Gasteiger partial charge < -0.3 is 9.80 Å². The minimum Gasteiger partial charge on any atom is -0.339 e. The molecule has 0 N–H and O–H groups in total. The number of piperazine rings is 1. The van der Waals surface area contributed by atoms with Crippen LogP contribution < -0.4 is 0 Å². The summed E-state index contributed by atoms with van der Waals surface area (Å²) in [5, 5.41) is 0. The predicted octanol–water partition coefficient (Wildman–Crippen LogP) is 4.19. The highest BCUT2D eigenvalue weighted by Crippen LogP contribution is 2.61. The molecule has 6 rings (SSSR count). The van der Waals surface area contributed by atoms with Crippen LogP contribution in [0.25, 0.3) is 0 Å². The van der Waals surface area contributed by atoms with E-state index in [0.717, 1.165) is 35.3 Å². The Kier molecular flexibility index (Phi) is 4.71. The molecule has 0 aromatic heterocycles. The number of hydrogen-bond donors (Lipinski definition) is 0. The summed E-state index contributed by atoms with van der Waals surface area (Å²) in [6.45, 7) is 6.78. The zero-order valence-corrected chi connectivity index (χ0v) is 18.0. The second kappa shape index (κ2) is 7.14. The number of carbonyl (C=O) groups is 2. The van der Waals surface area contributed by atoms with Gasteiger partial charge in [0.1, 0.15) is 0 Å². The summed E-state index contributed by atoms with van der Waals surface area (Å²) >= 11 is 0. The third-order valence-corrected chi connectivity index (χ3v) is 8.36. The summed E-state index contributed by atoms with van der Waals surface area (Å²) in [5.74, 6) is 3.11. The zero-order valence-electron chi connectivity index (χ0n) is 18.0. The van der Waals surface area contributed by atoms with Gasteiger partial charge in [0.15, 0.2) is 0 Å². The fourth-order valence-corrected chi connectivity index (χ4v) is 7.16. The van der Waals surface area contributed by atoms with Crippen LogP contribution in [0, 0.1) is 37.0 Å². The number of aryl methyl sites for hydroxylation is 2. The maximum absolute atomic E-state index is 13.1. The highest BCUT2D eigenvalue weighted by molar-refractivity contribution is 5.94. The van der Waals surface area contributed by atoms with Gasteiger partial charge in [0.2, 0.25) is 5.91 Å². The van der Waals surface area contributed by atoms with E-state index in [2.05, 4.69) is 6.92 Å². The molecule has 1 aromatic rings. The molecule has 2 amide bonds. The average Bonchev–Trinajstić information content (AvgIpc) is 2.68. The third kappa shape index (κ3) is 3.60. The normalized spacial score (nSPS) is 33.2. The Bertz CT molecular complexity index is 787. The summed E-state index contributed by atoms with van der Waals surface area (Å²) in [6, 6.07) is 5.94. The van der Waals surface area contributed by atoms with Crippen molar-refractivity contribution in [1.29, 1.82) is 0 Å². The summed E-state index contributed by atoms with van der Waals surface area (Å²) in [5.41, 5.74) is 3.43. The summed E-state index contributed by atoms with van der Waals surface area (Å²) in [4.78, 5) is 29.9. The van der Waals surface area contributed by atoms with Crippen LogP contribution >= 0.6 is 0 Å². The zero-order chi connectivity index (χ0) is 20.2. The van der Waals surface area contributed by atoms with Crippen LogP contribution in [-0.2, 0) is 4.79 Å². The van der Waals surface area contributed by atoms with Crippen molar-refractivity contribution in [1.82, 2.24) is 9.80 Å². The van der Waals surface area contributed by atoms with Crippen molar-refractivity contribution in [3.8, 4) is 0 Å². The van der Waals surface area contributed by atoms with Gasteiger partial charge in [-0.25, -0.2) is 0 Å². The van der Waals surface area contributed by atoms with Crippen LogP contribution in [0.5, 0.6) is 0 Å². The van der Waals surface area contributed by atoms with E-state index in [-0.39, 0.29) is 5.91 Å². The molecule has 4 heteroatoms. The number of hydrogen-bond acceptors (Lipinski definition) is 2. The largest absolute Gasteiger partial charge is 0.339 e. The first-order chi connectivity index (χ1) is 13.9. The Morgan fingerprint density at radius 1 is 0.862 bits per heavy atom. The topological polar surface area (TPSA) is 40.6 Å². The van der Waals surface area contributed by atoms with Crippen LogP contribution in [0.2, 0.25) is 0 Å². The smallest absolute Gasteiger partial charge is 0.253 e. The maximum Gasteiger partial charge on any atom is 0.253 e. The van der Waals surface area contributed by atoms with E-state index < -0.39 is 0 Å². The van der Waals surface area contributed by atoms with Crippen molar-refractivity contribution in [2.24, 2.45) is 23.2 Å². The molecule has 4 saturated carbocycles. The van der Waals surface area contributed by atoms with E-state index >= 15 is 0 Å². The molecule has 0 spiro atoms. The van der Waals surface area contributed by atoms with E-state index in [1.807, 2.05) is 34.9 Å². The van der Waals surface area contributed by atoms with Crippen LogP contribution in [0.3, 0.4) is 0 Å². The number of rotatable bonds is 3. The Morgan fingerprint density at radius 2 is 1.41 bits per heavy atom. The van der Waals surface area contributed by atoms with Crippen molar-refractivity contribution in [3.05, 3.63) is 34.9 Å². The first-order valence-corrected chi connectivity index (χ1v) is 11.6. The standard InChI is InChI=1S/C25H34N2O2/c1-17-3-4-22(9-18(17)2)24(29)27-7-5-26(6-8-27)23(28)16-25-13-19-10-20(14-25)12-21(11-19)15-25/h3-4,9,19-21H,5-8,10-16H2,1-2H3. The molecule has 4 nitrogen and oxygen atoms in total. The molecule has 1 aromatic carbocycles. The van der Waals surface area contributed by atoms with Gasteiger partial charge in [-0.2, -0.15) is 0 Å². The molecule has 1 heterocycles. The molecule has 5 fully saturated rings.